The lowest BCUT2D eigenvalue weighted by molar-refractivity contribution is -0.117. The van der Waals surface area contributed by atoms with E-state index in [-0.39, 0.29) is 5.91 Å². The van der Waals surface area contributed by atoms with Crippen LogP contribution in [0.15, 0.2) is 24.3 Å². The minimum atomic E-state index is 0.197. The normalized spacial score (nSPS) is 19.6. The van der Waals surface area contributed by atoms with E-state index >= 15 is 0 Å². The lowest BCUT2D eigenvalue weighted by Gasteiger charge is -2.17. The number of hydrogen-bond donors (Lipinski definition) is 1. The third kappa shape index (κ3) is 3.06. The van der Waals surface area contributed by atoms with Gasteiger partial charge in [-0.2, -0.15) is 11.8 Å². The van der Waals surface area contributed by atoms with Gasteiger partial charge in [0, 0.05) is 18.7 Å². The minimum absolute atomic E-state index is 0.197. The van der Waals surface area contributed by atoms with E-state index in [1.165, 1.54) is 5.56 Å². The summed E-state index contributed by atoms with van der Waals surface area (Å²) in [5, 5.41) is 0. The van der Waals surface area contributed by atoms with Crippen LogP contribution >= 0.6 is 11.8 Å². The van der Waals surface area contributed by atoms with Gasteiger partial charge in [-0.25, -0.2) is 0 Å². The fraction of sp³-hybridized carbons (Fsp3) is 0.500. The molecule has 0 radical (unpaired) electrons. The van der Waals surface area contributed by atoms with E-state index in [1.54, 1.807) is 0 Å². The third-order valence-corrected chi connectivity index (χ3v) is 3.99. The molecule has 1 atom stereocenters. The van der Waals surface area contributed by atoms with Gasteiger partial charge in [0.2, 0.25) is 5.91 Å². The number of thioether (sulfide) groups is 1. The molecule has 4 heteroatoms. The van der Waals surface area contributed by atoms with E-state index in [0.717, 1.165) is 24.4 Å². The molecule has 1 fully saturated rings. The Morgan fingerprint density at radius 1 is 1.39 bits per heavy atom. The number of aryl methyl sites for hydroxylation is 1. The summed E-state index contributed by atoms with van der Waals surface area (Å²) in [5.74, 6) is 1.65. The Kier molecular flexibility index (Phi) is 4.66. The molecule has 3 nitrogen and oxygen atoms in total. The molecule has 0 saturated carbocycles. The van der Waals surface area contributed by atoms with Gasteiger partial charge in [0.25, 0.3) is 0 Å². The van der Waals surface area contributed by atoms with Crippen LogP contribution in [-0.4, -0.2) is 31.0 Å². The Balaban J connectivity index is 2.03. The average Bonchev–Trinajstić information content (AvgIpc) is 2.78. The molecule has 0 spiro atoms. The smallest absolute Gasteiger partial charge is 0.227 e. The molecule has 1 heterocycles. The number of nitrogens with zero attached hydrogens (tertiary/aromatic N) is 1. The van der Waals surface area contributed by atoms with Crippen molar-refractivity contribution >= 4 is 23.4 Å². The van der Waals surface area contributed by atoms with Gasteiger partial charge < -0.3 is 10.6 Å². The predicted molar refractivity (Wildman–Crippen MR) is 78.0 cm³/mol. The van der Waals surface area contributed by atoms with Crippen LogP contribution in [0.1, 0.15) is 12.0 Å². The first-order chi connectivity index (χ1) is 8.74. The fourth-order valence-corrected chi connectivity index (χ4v) is 2.69. The highest BCUT2D eigenvalue weighted by molar-refractivity contribution is 7.98. The summed E-state index contributed by atoms with van der Waals surface area (Å²) in [5.41, 5.74) is 7.97. The van der Waals surface area contributed by atoms with Crippen molar-refractivity contribution < 1.29 is 4.79 Å². The zero-order valence-electron chi connectivity index (χ0n) is 10.8. The van der Waals surface area contributed by atoms with E-state index in [9.17, 15) is 4.79 Å². The maximum atomic E-state index is 11.9. The molecule has 1 aliphatic rings. The number of rotatable bonds is 5. The molecule has 0 aliphatic carbocycles. The highest BCUT2D eigenvalue weighted by atomic mass is 32.2. The second kappa shape index (κ2) is 6.25. The van der Waals surface area contributed by atoms with Crippen molar-refractivity contribution in [3.8, 4) is 0 Å². The van der Waals surface area contributed by atoms with Crippen LogP contribution in [0.3, 0.4) is 0 Å². The van der Waals surface area contributed by atoms with Crippen molar-refractivity contribution in [2.24, 2.45) is 11.7 Å². The molecule has 1 aromatic carbocycles. The Bertz CT molecular complexity index is 405. The van der Waals surface area contributed by atoms with Crippen molar-refractivity contribution in [1.82, 2.24) is 0 Å². The number of nitrogens with two attached hydrogens (primary N) is 1. The molecule has 0 bridgehead atoms. The lowest BCUT2D eigenvalue weighted by atomic mass is 10.1. The van der Waals surface area contributed by atoms with Crippen LogP contribution in [0, 0.1) is 5.92 Å². The highest BCUT2D eigenvalue weighted by Gasteiger charge is 2.29. The lowest BCUT2D eigenvalue weighted by Crippen LogP contribution is -2.25. The number of anilines is 1. The van der Waals surface area contributed by atoms with E-state index < -0.39 is 0 Å². The number of carbonyl (C=O) groups excluding carboxylic acids is 1. The molecule has 18 heavy (non-hydrogen) atoms. The predicted octanol–water partition coefficient (Wildman–Crippen LogP) is 1.90. The SMILES string of the molecule is CSCCc1ccc(N2CC(CN)CC2=O)cc1. The largest absolute Gasteiger partial charge is 0.330 e. The number of benzene rings is 1. The fourth-order valence-electron chi connectivity index (χ4n) is 2.25. The second-order valence-corrected chi connectivity index (χ2v) is 5.71. The van der Waals surface area contributed by atoms with Gasteiger partial charge in [0.05, 0.1) is 0 Å². The Morgan fingerprint density at radius 2 is 2.11 bits per heavy atom. The zero-order chi connectivity index (χ0) is 13.0. The maximum absolute atomic E-state index is 11.9. The molecule has 2 rings (SSSR count). The van der Waals surface area contributed by atoms with Gasteiger partial charge in [-0.15, -0.1) is 0 Å². The average molecular weight is 264 g/mol. The van der Waals surface area contributed by atoms with Crippen molar-refractivity contribution in [2.45, 2.75) is 12.8 Å². The molecule has 1 aromatic rings. The van der Waals surface area contributed by atoms with Gasteiger partial charge in [0.1, 0.15) is 0 Å². The number of hydrogen-bond acceptors (Lipinski definition) is 3. The summed E-state index contributed by atoms with van der Waals surface area (Å²) >= 11 is 1.85. The van der Waals surface area contributed by atoms with Gasteiger partial charge in [-0.05, 0) is 48.6 Å². The van der Waals surface area contributed by atoms with E-state index in [0.29, 0.717) is 18.9 Å². The molecular formula is C14H20N2OS. The molecule has 1 saturated heterocycles. The van der Waals surface area contributed by atoms with Crippen LogP contribution in [0.2, 0.25) is 0 Å². The van der Waals surface area contributed by atoms with Crippen LogP contribution in [0.5, 0.6) is 0 Å². The first-order valence-corrected chi connectivity index (χ1v) is 7.72. The summed E-state index contributed by atoms with van der Waals surface area (Å²) in [6.45, 7) is 1.35. The van der Waals surface area contributed by atoms with Gasteiger partial charge in [-0.3, -0.25) is 4.79 Å². The molecule has 1 unspecified atom stereocenters. The molecular weight excluding hydrogens is 244 g/mol. The topological polar surface area (TPSA) is 46.3 Å². The summed E-state index contributed by atoms with van der Waals surface area (Å²) in [4.78, 5) is 13.7. The van der Waals surface area contributed by atoms with Crippen LogP contribution in [-0.2, 0) is 11.2 Å². The molecule has 0 aromatic heterocycles. The quantitative estimate of drug-likeness (QED) is 0.883. The zero-order valence-corrected chi connectivity index (χ0v) is 11.6. The summed E-state index contributed by atoms with van der Waals surface area (Å²) < 4.78 is 0. The van der Waals surface area contributed by atoms with E-state index in [4.69, 9.17) is 5.73 Å². The molecule has 98 valence electrons. The Labute approximate surface area is 113 Å². The summed E-state index contributed by atoms with van der Waals surface area (Å²) in [7, 11) is 0. The van der Waals surface area contributed by atoms with Crippen molar-refractivity contribution in [2.75, 3.05) is 30.0 Å². The minimum Gasteiger partial charge on any atom is -0.330 e. The first kappa shape index (κ1) is 13.4. The monoisotopic (exact) mass is 264 g/mol. The van der Waals surface area contributed by atoms with Gasteiger partial charge in [-0.1, -0.05) is 12.1 Å². The maximum Gasteiger partial charge on any atom is 0.227 e. The van der Waals surface area contributed by atoms with E-state index in [1.807, 2.05) is 28.8 Å². The Morgan fingerprint density at radius 3 is 2.67 bits per heavy atom. The van der Waals surface area contributed by atoms with Crippen LogP contribution in [0.25, 0.3) is 0 Å². The standard InChI is InChI=1S/C14H20N2OS/c1-18-7-6-11-2-4-13(5-3-11)16-10-12(9-15)8-14(16)17/h2-5,12H,6-10,15H2,1H3. The van der Waals surface area contributed by atoms with Gasteiger partial charge in [0.15, 0.2) is 0 Å². The van der Waals surface area contributed by atoms with Crippen molar-refractivity contribution in [1.29, 1.82) is 0 Å². The van der Waals surface area contributed by atoms with Gasteiger partial charge >= 0.3 is 0 Å². The van der Waals surface area contributed by atoms with E-state index in [2.05, 4.69) is 18.4 Å². The van der Waals surface area contributed by atoms with Crippen molar-refractivity contribution in [3.05, 3.63) is 29.8 Å². The highest BCUT2D eigenvalue weighted by Crippen LogP contribution is 2.24. The Hall–Kier alpha value is -1.00. The third-order valence-electron chi connectivity index (χ3n) is 3.38. The van der Waals surface area contributed by atoms with Crippen LogP contribution in [0.4, 0.5) is 5.69 Å². The summed E-state index contributed by atoms with van der Waals surface area (Å²) in [6.07, 6.45) is 3.79. The molecule has 1 amide bonds. The second-order valence-electron chi connectivity index (χ2n) is 4.72. The first-order valence-electron chi connectivity index (χ1n) is 6.33. The van der Waals surface area contributed by atoms with Crippen LogP contribution < -0.4 is 10.6 Å². The summed E-state index contributed by atoms with van der Waals surface area (Å²) in [6, 6.07) is 8.34. The number of amides is 1. The van der Waals surface area contributed by atoms with Crippen molar-refractivity contribution in [3.63, 3.8) is 0 Å². The molecule has 2 N–H and O–H groups in total. The molecule has 1 aliphatic heterocycles. The number of carbonyl (C=O) groups is 1.